The van der Waals surface area contributed by atoms with E-state index in [2.05, 4.69) is 293 Å². The summed E-state index contributed by atoms with van der Waals surface area (Å²) in [5, 5.41) is 0. The fraction of sp³-hybridized carbons (Fsp3) is 0.294. The maximum Gasteiger partial charge on any atom is 0.0414 e. The first-order valence-electron chi connectivity index (χ1n) is 41.7. The van der Waals surface area contributed by atoms with Gasteiger partial charge in [0, 0.05) is 130 Å². The van der Waals surface area contributed by atoms with Crippen molar-refractivity contribution in [2.24, 2.45) is 0 Å². The predicted molar refractivity (Wildman–Crippen MR) is 486 cm³/mol. The molecular weight excluding hydrogens is 1410 g/mol. The van der Waals surface area contributed by atoms with E-state index < -0.39 is 0 Å². The van der Waals surface area contributed by atoms with Crippen molar-refractivity contribution in [1.82, 2.24) is 34.9 Å². The van der Waals surface area contributed by atoms with E-state index >= 15 is 0 Å². The quantitative estimate of drug-likeness (QED) is 0.149. The van der Waals surface area contributed by atoms with Gasteiger partial charge in [-0.3, -0.25) is 34.9 Å². The summed E-state index contributed by atoms with van der Waals surface area (Å²) in [7, 11) is 0. The highest BCUT2D eigenvalue weighted by Gasteiger charge is 2.30. The molecule has 0 N–H and O–H groups in total. The number of fused-ring (bicyclic) bond motifs is 21. The molecule has 14 aromatic rings. The molecule has 0 unspecified atom stereocenters. The second-order valence-electron chi connectivity index (χ2n) is 34.4. The number of nitrogens with zero attached hydrogens (tertiary/aromatic N) is 7. The largest absolute Gasteiger partial charge is 0.264 e. The third-order valence-electron chi connectivity index (χ3n) is 27.9. The van der Waals surface area contributed by atoms with Crippen LogP contribution in [0, 0.1) is 173 Å². The van der Waals surface area contributed by atoms with Crippen molar-refractivity contribution in [3.8, 4) is 77.9 Å². The first kappa shape index (κ1) is 79.8. The molecule has 7 aromatic heterocycles. The van der Waals surface area contributed by atoms with Crippen molar-refractivity contribution in [3.63, 3.8) is 0 Å². The SMILES string of the molecule is Cc1c(C)c(C)c2c(c1C)Cc1cnccc1-2.Cc1cc2c(c(C)c1C)Cc1c-2ccnc1C.Cc1cc2c(c(C)c1C)Cc1cncc(C)c1-2.Cc1cc2c(cn1)Cc1c-2cc(C)c(C)c1C.Cc1cc2c(cn1)Cc1c-2ccc(C)c1C.Cc1ccc2c(c1C)Cc1c-2ccnc1C.Cc1ccc2c(c1C)Cc1cncc(C)c1-2. The van der Waals surface area contributed by atoms with Gasteiger partial charge in [-0.1, -0.05) is 54.6 Å². The van der Waals surface area contributed by atoms with Crippen molar-refractivity contribution in [3.05, 3.63) is 364 Å². The van der Waals surface area contributed by atoms with Gasteiger partial charge in [0.25, 0.3) is 0 Å². The minimum atomic E-state index is 1.05. The predicted octanol–water partition coefficient (Wildman–Crippen LogP) is 26.3. The van der Waals surface area contributed by atoms with Gasteiger partial charge in [-0.05, 0) is 476 Å². The normalized spacial score (nSPS) is 12.5. The van der Waals surface area contributed by atoms with Crippen molar-refractivity contribution in [2.75, 3.05) is 0 Å². The summed E-state index contributed by atoms with van der Waals surface area (Å²) in [6.45, 7) is 54.8. The van der Waals surface area contributed by atoms with Gasteiger partial charge in [-0.15, -0.1) is 0 Å². The molecule has 7 aromatic carbocycles. The Morgan fingerprint density at radius 1 is 0.181 bits per heavy atom. The second-order valence-corrected chi connectivity index (χ2v) is 34.4. The van der Waals surface area contributed by atoms with Crippen LogP contribution in [-0.4, -0.2) is 34.9 Å². The molecule has 7 aliphatic carbocycles. The molecule has 0 amide bonds. The fourth-order valence-electron chi connectivity index (χ4n) is 19.3. The van der Waals surface area contributed by atoms with E-state index in [1.165, 1.54) is 284 Å². The molecule has 0 fully saturated rings. The zero-order chi connectivity index (χ0) is 82.5. The van der Waals surface area contributed by atoms with Crippen LogP contribution in [0.3, 0.4) is 0 Å². The first-order chi connectivity index (χ1) is 55.4. The van der Waals surface area contributed by atoms with Gasteiger partial charge in [0.05, 0.1) is 0 Å². The van der Waals surface area contributed by atoms with E-state index in [9.17, 15) is 0 Å². The Labute approximate surface area is 690 Å². The lowest BCUT2D eigenvalue weighted by atomic mass is 9.89. The van der Waals surface area contributed by atoms with Gasteiger partial charge in [0.1, 0.15) is 0 Å². The molecule has 584 valence electrons. The van der Waals surface area contributed by atoms with Crippen LogP contribution in [0.25, 0.3) is 77.9 Å². The summed E-state index contributed by atoms with van der Waals surface area (Å²) in [5.74, 6) is 0. The molecule has 116 heavy (non-hydrogen) atoms. The lowest BCUT2D eigenvalue weighted by Crippen LogP contribution is -1.98. The highest BCUT2D eigenvalue weighted by atomic mass is 14.7. The molecule has 7 aliphatic rings. The maximum atomic E-state index is 4.41. The maximum absolute atomic E-state index is 4.41. The molecule has 7 nitrogen and oxygen atoms in total. The van der Waals surface area contributed by atoms with Crippen LogP contribution in [0.4, 0.5) is 0 Å². The van der Waals surface area contributed by atoms with Gasteiger partial charge >= 0.3 is 0 Å². The molecule has 0 saturated heterocycles. The number of aromatic nitrogens is 7. The Morgan fingerprint density at radius 3 is 1.03 bits per heavy atom. The monoisotopic (exact) mass is 1520 g/mol. The zero-order valence-electron chi connectivity index (χ0n) is 73.4. The molecule has 7 heteroatoms. The Hall–Kier alpha value is -11.4. The Balaban J connectivity index is 0.000000106. The summed E-state index contributed by atoms with van der Waals surface area (Å²) in [5.41, 5.74) is 74.1. The standard InChI is InChI=1S/4C16H17N.3C15H15N/c1-9-5-15-14(12(4)11(9)3)6-13-8-17-7-10(2)16(13)15;1-9-5-16-14(12(4)11(9)3)7-13-8-17-10(2)6-15(13)16;1-9-10(2)12(4)16-14-5-6-17-8-13(14)7-15(16)11(9)3;1-9-7-16-13-5-6-17-12(4)15(13)8-14(16)11(3)10(9)2;1-9-4-5-13-14(11(9)3)6-12-8-16-7-10(2)15(12)13;1-9-4-5-13-14(11(9)3)7-12-8-16-10(2)6-15(12)13;1-9-4-5-12-13-6-7-16-11(3)15(13)8-14(12)10(9)2/h5,7-8H,6H2,1-4H3;2*5-6,8H,7H2,1-4H3;5-7H,8H2,1-4H3;4-5,7-8H,6H2,1-3H3;4-6,8H,7H2,1-3H3;4-7H,8H2,1-3H3. The molecule has 0 bridgehead atoms. The van der Waals surface area contributed by atoms with Crippen molar-refractivity contribution >= 4 is 0 Å². The van der Waals surface area contributed by atoms with Crippen LogP contribution in [0.5, 0.6) is 0 Å². The van der Waals surface area contributed by atoms with Gasteiger partial charge < -0.3 is 0 Å². The summed E-state index contributed by atoms with van der Waals surface area (Å²) in [4.78, 5) is 30.4. The molecule has 21 rings (SSSR count). The average molecular weight is 1520 g/mol. The Bertz CT molecular complexity index is 6390. The van der Waals surface area contributed by atoms with Crippen molar-refractivity contribution in [1.29, 1.82) is 0 Å². The molecule has 0 saturated carbocycles. The van der Waals surface area contributed by atoms with Crippen molar-refractivity contribution < 1.29 is 0 Å². The zero-order valence-corrected chi connectivity index (χ0v) is 73.4. The Kier molecular flexibility index (Phi) is 21.8. The number of benzene rings is 7. The van der Waals surface area contributed by atoms with Gasteiger partial charge in [-0.2, -0.15) is 0 Å². The summed E-state index contributed by atoms with van der Waals surface area (Å²) >= 11 is 0. The lowest BCUT2D eigenvalue weighted by molar-refractivity contribution is 1.10. The Morgan fingerprint density at radius 2 is 0.517 bits per heavy atom. The van der Waals surface area contributed by atoms with Gasteiger partial charge in [-0.25, -0.2) is 0 Å². The van der Waals surface area contributed by atoms with E-state index in [1.54, 1.807) is 0 Å². The highest BCUT2D eigenvalue weighted by molar-refractivity contribution is 5.86. The third kappa shape index (κ3) is 14.2. The number of hydrogen-bond donors (Lipinski definition) is 0. The highest BCUT2D eigenvalue weighted by Crippen LogP contribution is 2.48. The smallest absolute Gasteiger partial charge is 0.0414 e. The second kappa shape index (κ2) is 31.7. The number of aryl methyl sites for hydroxylation is 12. The third-order valence-corrected chi connectivity index (χ3v) is 27.9. The van der Waals surface area contributed by atoms with Gasteiger partial charge in [0.2, 0.25) is 0 Å². The topological polar surface area (TPSA) is 90.2 Å². The van der Waals surface area contributed by atoms with Crippen molar-refractivity contribution in [2.45, 2.75) is 218 Å². The molecule has 0 atom stereocenters. The molecule has 7 heterocycles. The van der Waals surface area contributed by atoms with Crippen LogP contribution >= 0.6 is 0 Å². The van der Waals surface area contributed by atoms with Crippen LogP contribution in [0.1, 0.15) is 217 Å². The molecule has 0 radical (unpaired) electrons. The number of hydrogen-bond acceptors (Lipinski definition) is 7. The first-order valence-corrected chi connectivity index (χ1v) is 41.7. The minimum absolute atomic E-state index is 1.05. The van der Waals surface area contributed by atoms with Crippen LogP contribution < -0.4 is 0 Å². The van der Waals surface area contributed by atoms with Crippen LogP contribution in [0.15, 0.2) is 147 Å². The molecular formula is C109H113N7. The van der Waals surface area contributed by atoms with E-state index in [0.29, 0.717) is 0 Å². The van der Waals surface area contributed by atoms with E-state index in [1.807, 2.05) is 62.0 Å². The van der Waals surface area contributed by atoms with E-state index in [-0.39, 0.29) is 0 Å². The van der Waals surface area contributed by atoms with Crippen LogP contribution in [-0.2, 0) is 44.9 Å². The van der Waals surface area contributed by atoms with E-state index in [0.717, 1.165) is 56.3 Å². The average Bonchev–Trinajstić information content (AvgIpc) is 1.57. The number of pyridine rings is 7. The number of rotatable bonds is 0. The molecule has 0 aliphatic heterocycles. The minimum Gasteiger partial charge on any atom is -0.264 e. The summed E-state index contributed by atoms with van der Waals surface area (Å²) in [6.07, 6.45) is 27.1. The summed E-state index contributed by atoms with van der Waals surface area (Å²) < 4.78 is 0. The lowest BCUT2D eigenvalue weighted by Gasteiger charge is -2.15. The van der Waals surface area contributed by atoms with E-state index in [4.69, 9.17) is 0 Å². The van der Waals surface area contributed by atoms with Gasteiger partial charge in [0.15, 0.2) is 0 Å². The fourth-order valence-corrected chi connectivity index (χ4v) is 19.3. The summed E-state index contributed by atoms with van der Waals surface area (Å²) in [6, 6.07) is 31.3. The van der Waals surface area contributed by atoms with Crippen LogP contribution in [0.2, 0.25) is 0 Å². The molecule has 0 spiro atoms.